The van der Waals surface area contributed by atoms with Gasteiger partial charge in [-0.2, -0.15) is 5.10 Å². The Labute approximate surface area is 188 Å². The van der Waals surface area contributed by atoms with Gasteiger partial charge in [0.15, 0.2) is 0 Å². The number of anilines is 1. The highest BCUT2D eigenvalue weighted by atomic mass is 16.2. The molecular weight excluding hydrogens is 404 g/mol. The van der Waals surface area contributed by atoms with E-state index in [0.717, 1.165) is 11.1 Å². The van der Waals surface area contributed by atoms with Crippen LogP contribution >= 0.6 is 0 Å². The molecule has 3 rings (SSSR count). The first kappa shape index (κ1) is 22.9. The molecule has 7 nitrogen and oxygen atoms in total. The summed E-state index contributed by atoms with van der Waals surface area (Å²) in [6.45, 7) is 7.11. The molecule has 2 amide bonds. The Morgan fingerprint density at radius 3 is 2.34 bits per heavy atom. The van der Waals surface area contributed by atoms with Crippen LogP contribution in [0.5, 0.6) is 0 Å². The number of nitrogens with one attached hydrogen (secondary N) is 1. The van der Waals surface area contributed by atoms with E-state index in [0.29, 0.717) is 22.6 Å². The van der Waals surface area contributed by atoms with Crippen molar-refractivity contribution in [2.75, 3.05) is 5.32 Å². The van der Waals surface area contributed by atoms with Crippen LogP contribution in [0.2, 0.25) is 0 Å². The predicted molar refractivity (Wildman–Crippen MR) is 123 cm³/mol. The van der Waals surface area contributed by atoms with Crippen molar-refractivity contribution in [3.8, 4) is 0 Å². The van der Waals surface area contributed by atoms with Crippen LogP contribution in [-0.2, 0) is 23.2 Å². The molecule has 7 heteroatoms. The Hall–Kier alpha value is -3.74. The zero-order valence-electron chi connectivity index (χ0n) is 19.0. The quantitative estimate of drug-likeness (QED) is 0.452. The molecule has 1 unspecified atom stereocenters. The average molecular weight is 433 g/mol. The number of amides is 2. The fourth-order valence-corrected chi connectivity index (χ4v) is 3.76. The van der Waals surface area contributed by atoms with E-state index >= 15 is 0 Å². The summed E-state index contributed by atoms with van der Waals surface area (Å²) in [4.78, 5) is 39.8. The third-order valence-corrected chi connectivity index (χ3v) is 5.54. The summed E-state index contributed by atoms with van der Waals surface area (Å²) in [5.74, 6) is -1.34. The van der Waals surface area contributed by atoms with Gasteiger partial charge in [-0.3, -0.25) is 19.1 Å². The van der Waals surface area contributed by atoms with Gasteiger partial charge in [-0.05, 0) is 44.0 Å². The van der Waals surface area contributed by atoms with E-state index in [1.165, 1.54) is 6.92 Å². The lowest BCUT2D eigenvalue weighted by Gasteiger charge is -2.29. The van der Waals surface area contributed by atoms with E-state index in [2.05, 4.69) is 10.4 Å². The molecule has 0 radical (unpaired) electrons. The van der Waals surface area contributed by atoms with Crippen molar-refractivity contribution in [1.82, 2.24) is 14.7 Å². The third kappa shape index (κ3) is 4.94. The van der Waals surface area contributed by atoms with Gasteiger partial charge in [0, 0.05) is 31.9 Å². The lowest BCUT2D eigenvalue weighted by atomic mass is 10.0. The molecule has 0 spiro atoms. The number of ketones is 1. The topological polar surface area (TPSA) is 84.3 Å². The highest BCUT2D eigenvalue weighted by Crippen LogP contribution is 2.26. The zero-order chi connectivity index (χ0) is 23.4. The second-order valence-electron chi connectivity index (χ2n) is 7.90. The number of carbonyl (C=O) groups excluding carboxylic acids is 3. The van der Waals surface area contributed by atoms with Gasteiger partial charge < -0.3 is 10.2 Å². The number of hydrogen-bond acceptors (Lipinski definition) is 4. The molecule has 2 aromatic carbocycles. The maximum absolute atomic E-state index is 13.5. The molecule has 0 aliphatic rings. The van der Waals surface area contributed by atoms with Crippen LogP contribution in [0.25, 0.3) is 0 Å². The molecule has 1 atom stereocenters. The molecule has 0 fully saturated rings. The maximum atomic E-state index is 13.5. The fraction of sp³-hybridized carbons (Fsp3) is 0.280. The van der Waals surface area contributed by atoms with Crippen LogP contribution in [0.15, 0.2) is 54.6 Å². The average Bonchev–Trinajstić information content (AvgIpc) is 3.02. The summed E-state index contributed by atoms with van der Waals surface area (Å²) in [5, 5.41) is 7.05. The number of nitrogens with zero attached hydrogens (tertiary/aromatic N) is 3. The second kappa shape index (κ2) is 9.60. The van der Waals surface area contributed by atoms with Gasteiger partial charge in [-0.1, -0.05) is 42.5 Å². The van der Waals surface area contributed by atoms with Crippen molar-refractivity contribution >= 4 is 23.3 Å². The number of carbonyl (C=O) groups is 3. The summed E-state index contributed by atoms with van der Waals surface area (Å²) in [5.41, 5.74) is 3.89. The normalized spacial score (nSPS) is 11.7. The van der Waals surface area contributed by atoms with Crippen LogP contribution in [0.3, 0.4) is 0 Å². The van der Waals surface area contributed by atoms with Gasteiger partial charge in [-0.25, -0.2) is 0 Å². The molecule has 0 aliphatic heterocycles. The molecule has 0 saturated carbocycles. The minimum atomic E-state index is -0.592. The number of hydrogen-bond donors (Lipinski definition) is 1. The number of aromatic nitrogens is 2. The summed E-state index contributed by atoms with van der Waals surface area (Å²) >= 11 is 0. The first-order chi connectivity index (χ1) is 15.2. The number of rotatable bonds is 7. The van der Waals surface area contributed by atoms with E-state index in [1.807, 2.05) is 55.5 Å². The van der Waals surface area contributed by atoms with E-state index in [1.54, 1.807) is 36.5 Å². The molecule has 0 aliphatic carbocycles. The van der Waals surface area contributed by atoms with Gasteiger partial charge in [-0.15, -0.1) is 0 Å². The first-order valence-electron chi connectivity index (χ1n) is 10.5. The van der Waals surface area contributed by atoms with Crippen LogP contribution in [-0.4, -0.2) is 32.3 Å². The second-order valence-corrected chi connectivity index (χ2v) is 7.90. The van der Waals surface area contributed by atoms with Gasteiger partial charge >= 0.3 is 0 Å². The Bertz CT molecular complexity index is 1150. The number of Topliss-reactive ketones (excluding diaryl/α,β-unsaturated/α-hetero) is 1. The van der Waals surface area contributed by atoms with Gasteiger partial charge in [0.25, 0.3) is 11.7 Å². The summed E-state index contributed by atoms with van der Waals surface area (Å²) in [6, 6.07) is 16.5. The van der Waals surface area contributed by atoms with Crippen molar-refractivity contribution in [3.05, 3.63) is 82.7 Å². The zero-order valence-corrected chi connectivity index (χ0v) is 19.0. The van der Waals surface area contributed by atoms with Crippen molar-refractivity contribution in [3.63, 3.8) is 0 Å². The molecule has 0 bridgehead atoms. The van der Waals surface area contributed by atoms with Gasteiger partial charge in [0.1, 0.15) is 0 Å². The van der Waals surface area contributed by atoms with Crippen molar-refractivity contribution < 1.29 is 14.4 Å². The van der Waals surface area contributed by atoms with Crippen LogP contribution in [0.1, 0.15) is 52.8 Å². The Morgan fingerprint density at radius 1 is 1.06 bits per heavy atom. The molecular formula is C25H28N4O3. The lowest BCUT2D eigenvalue weighted by Crippen LogP contribution is -2.38. The smallest absolute Gasteiger partial charge is 0.295 e. The minimum Gasteiger partial charge on any atom is -0.326 e. The largest absolute Gasteiger partial charge is 0.326 e. The molecule has 32 heavy (non-hydrogen) atoms. The fourth-order valence-electron chi connectivity index (χ4n) is 3.76. The summed E-state index contributed by atoms with van der Waals surface area (Å²) in [7, 11) is 1.75. The minimum absolute atomic E-state index is 0.176. The van der Waals surface area contributed by atoms with E-state index < -0.39 is 17.7 Å². The Kier molecular flexibility index (Phi) is 6.88. The summed E-state index contributed by atoms with van der Waals surface area (Å²) < 4.78 is 1.61. The molecule has 1 N–H and O–H groups in total. The Morgan fingerprint density at radius 2 is 1.75 bits per heavy atom. The summed E-state index contributed by atoms with van der Waals surface area (Å²) in [6.07, 6.45) is 0. The van der Waals surface area contributed by atoms with Crippen LogP contribution in [0, 0.1) is 13.8 Å². The van der Waals surface area contributed by atoms with E-state index in [4.69, 9.17) is 0 Å². The van der Waals surface area contributed by atoms with E-state index in [9.17, 15) is 14.4 Å². The SMILES string of the molecule is CC(=O)Nc1cccc(C(C)N(Cc2ccccc2)C(=O)C(=O)c2c(C)nn(C)c2C)c1. The van der Waals surface area contributed by atoms with E-state index in [-0.39, 0.29) is 12.5 Å². The highest BCUT2D eigenvalue weighted by molar-refractivity contribution is 6.43. The molecule has 1 heterocycles. The Balaban J connectivity index is 1.99. The van der Waals surface area contributed by atoms with Crippen molar-refractivity contribution in [1.29, 1.82) is 0 Å². The predicted octanol–water partition coefficient (Wildman–Crippen LogP) is 3.97. The maximum Gasteiger partial charge on any atom is 0.295 e. The molecule has 166 valence electrons. The monoisotopic (exact) mass is 432 g/mol. The van der Waals surface area contributed by atoms with Crippen LogP contribution in [0.4, 0.5) is 5.69 Å². The lowest BCUT2D eigenvalue weighted by molar-refractivity contribution is -0.129. The molecule has 3 aromatic rings. The molecule has 1 aromatic heterocycles. The first-order valence-corrected chi connectivity index (χ1v) is 10.5. The van der Waals surface area contributed by atoms with Crippen molar-refractivity contribution in [2.24, 2.45) is 7.05 Å². The number of aryl methyl sites for hydroxylation is 2. The third-order valence-electron chi connectivity index (χ3n) is 5.54. The standard InChI is InChI=1S/C25H28N4O3/c1-16-23(18(3)28(5)27-16)24(31)25(32)29(15-20-10-7-6-8-11-20)17(2)21-12-9-13-22(14-21)26-19(4)30/h6-14,17H,15H2,1-5H3,(H,26,30). The molecule has 0 saturated heterocycles. The van der Waals surface area contributed by atoms with Crippen LogP contribution < -0.4 is 5.32 Å². The highest BCUT2D eigenvalue weighted by Gasteiger charge is 2.31. The van der Waals surface area contributed by atoms with Gasteiger partial charge in [0.2, 0.25) is 5.91 Å². The van der Waals surface area contributed by atoms with Crippen molar-refractivity contribution in [2.45, 2.75) is 40.3 Å². The number of benzene rings is 2. The van der Waals surface area contributed by atoms with Gasteiger partial charge in [0.05, 0.1) is 17.3 Å².